The Kier molecular flexibility index (Phi) is 6.44. The molecule has 0 unspecified atom stereocenters. The van der Waals surface area contributed by atoms with Crippen LogP contribution in [-0.4, -0.2) is 52.5 Å². The zero-order chi connectivity index (χ0) is 22.5. The summed E-state index contributed by atoms with van der Waals surface area (Å²) in [6.45, 7) is 4.52. The molecule has 2 heterocycles. The fourth-order valence-electron chi connectivity index (χ4n) is 3.85. The highest BCUT2D eigenvalue weighted by molar-refractivity contribution is 5.94. The van der Waals surface area contributed by atoms with Crippen LogP contribution in [0.2, 0.25) is 0 Å². The van der Waals surface area contributed by atoms with Gasteiger partial charge in [0, 0.05) is 55.5 Å². The maximum Gasteiger partial charge on any atom is 0.266 e. The van der Waals surface area contributed by atoms with Crippen molar-refractivity contribution in [2.75, 3.05) is 31.1 Å². The Bertz CT molecular complexity index is 1150. The van der Waals surface area contributed by atoms with Gasteiger partial charge in [-0.1, -0.05) is 30.3 Å². The van der Waals surface area contributed by atoms with Crippen LogP contribution in [0.25, 0.3) is 11.3 Å². The number of carbonyl (C=O) groups is 2. The average molecular weight is 431 g/mol. The van der Waals surface area contributed by atoms with E-state index in [0.717, 1.165) is 24.3 Å². The molecule has 0 saturated carbocycles. The van der Waals surface area contributed by atoms with Crippen molar-refractivity contribution in [1.82, 2.24) is 14.7 Å². The Balaban J connectivity index is 1.33. The molecule has 1 aromatic heterocycles. The smallest absolute Gasteiger partial charge is 0.266 e. The number of hydrogen-bond donors (Lipinski definition) is 0. The Morgan fingerprint density at radius 3 is 2.22 bits per heavy atom. The quantitative estimate of drug-likeness (QED) is 0.562. The summed E-state index contributed by atoms with van der Waals surface area (Å²) in [7, 11) is 0. The molecule has 3 aromatic rings. The van der Waals surface area contributed by atoms with Gasteiger partial charge in [-0.15, -0.1) is 0 Å². The maximum atomic E-state index is 12.7. The van der Waals surface area contributed by atoms with Gasteiger partial charge >= 0.3 is 0 Å². The minimum atomic E-state index is -0.212. The molecule has 32 heavy (non-hydrogen) atoms. The largest absolute Gasteiger partial charge is 0.368 e. The van der Waals surface area contributed by atoms with Gasteiger partial charge in [0.2, 0.25) is 5.91 Å². The zero-order valence-electron chi connectivity index (χ0n) is 18.1. The van der Waals surface area contributed by atoms with Gasteiger partial charge in [-0.3, -0.25) is 14.4 Å². The van der Waals surface area contributed by atoms with Gasteiger partial charge in [-0.2, -0.15) is 5.10 Å². The van der Waals surface area contributed by atoms with Crippen molar-refractivity contribution in [1.29, 1.82) is 0 Å². The first-order chi connectivity index (χ1) is 15.5. The summed E-state index contributed by atoms with van der Waals surface area (Å²) in [4.78, 5) is 40.4. The molecule has 0 aliphatic carbocycles. The number of nitrogens with zero attached hydrogens (tertiary/aromatic N) is 4. The standard InChI is InChI=1S/C25H26N4O3/c1-19(30)20-7-9-22(10-8-20)27-15-17-28(18-16-27)24(31)13-14-29-25(32)12-11-23(26-29)21-5-3-2-4-6-21/h2-12H,13-18H2,1H3. The van der Waals surface area contributed by atoms with Crippen LogP contribution in [0.3, 0.4) is 0 Å². The number of benzene rings is 2. The third-order valence-electron chi connectivity index (χ3n) is 5.75. The lowest BCUT2D eigenvalue weighted by molar-refractivity contribution is -0.131. The monoisotopic (exact) mass is 430 g/mol. The number of aryl methyl sites for hydroxylation is 1. The molecule has 1 aliphatic heterocycles. The summed E-state index contributed by atoms with van der Waals surface area (Å²) >= 11 is 0. The first kappa shape index (κ1) is 21.5. The fraction of sp³-hybridized carbons (Fsp3) is 0.280. The molecule has 7 nitrogen and oxygen atoms in total. The summed E-state index contributed by atoms with van der Waals surface area (Å²) < 4.78 is 1.37. The number of amides is 1. The van der Waals surface area contributed by atoms with Crippen molar-refractivity contribution >= 4 is 17.4 Å². The number of rotatable bonds is 6. The van der Waals surface area contributed by atoms with E-state index in [-0.39, 0.29) is 30.2 Å². The Morgan fingerprint density at radius 1 is 0.875 bits per heavy atom. The van der Waals surface area contributed by atoms with Crippen LogP contribution in [0.4, 0.5) is 5.69 Å². The summed E-state index contributed by atoms with van der Waals surface area (Å²) in [6.07, 6.45) is 0.235. The highest BCUT2D eigenvalue weighted by Crippen LogP contribution is 2.18. The Morgan fingerprint density at radius 2 is 1.56 bits per heavy atom. The van der Waals surface area contributed by atoms with E-state index in [1.54, 1.807) is 13.0 Å². The molecule has 1 amide bonds. The van der Waals surface area contributed by atoms with Gasteiger partial charge in [0.15, 0.2) is 5.78 Å². The van der Waals surface area contributed by atoms with Crippen molar-refractivity contribution in [2.45, 2.75) is 19.9 Å². The topological polar surface area (TPSA) is 75.5 Å². The lowest BCUT2D eigenvalue weighted by Crippen LogP contribution is -2.49. The van der Waals surface area contributed by atoms with Gasteiger partial charge in [-0.25, -0.2) is 4.68 Å². The average Bonchev–Trinajstić information content (AvgIpc) is 2.84. The maximum absolute atomic E-state index is 12.7. The van der Waals surface area contributed by atoms with Crippen molar-refractivity contribution in [3.63, 3.8) is 0 Å². The number of Topliss-reactive ketones (excluding diaryl/α,β-unsaturated/α-hetero) is 1. The van der Waals surface area contributed by atoms with Crippen LogP contribution >= 0.6 is 0 Å². The van der Waals surface area contributed by atoms with Crippen molar-refractivity contribution in [3.8, 4) is 11.3 Å². The molecule has 1 aliphatic rings. The highest BCUT2D eigenvalue weighted by Gasteiger charge is 2.21. The predicted molar refractivity (Wildman–Crippen MR) is 124 cm³/mol. The van der Waals surface area contributed by atoms with Crippen molar-refractivity contribution < 1.29 is 9.59 Å². The fourth-order valence-corrected chi connectivity index (χ4v) is 3.85. The summed E-state index contributed by atoms with van der Waals surface area (Å²) in [5, 5.41) is 4.43. The van der Waals surface area contributed by atoms with E-state index in [4.69, 9.17) is 0 Å². The number of carbonyl (C=O) groups excluding carboxylic acids is 2. The van der Waals surface area contributed by atoms with E-state index in [1.807, 2.05) is 59.5 Å². The number of aromatic nitrogens is 2. The first-order valence-electron chi connectivity index (χ1n) is 10.8. The third kappa shape index (κ3) is 4.94. The molecule has 7 heteroatoms. The summed E-state index contributed by atoms with van der Waals surface area (Å²) in [5.74, 6) is 0.0743. The summed E-state index contributed by atoms with van der Waals surface area (Å²) in [6, 6.07) is 20.4. The van der Waals surface area contributed by atoms with Crippen LogP contribution in [-0.2, 0) is 11.3 Å². The molecule has 1 fully saturated rings. The van der Waals surface area contributed by atoms with E-state index >= 15 is 0 Å². The van der Waals surface area contributed by atoms with Gasteiger partial charge < -0.3 is 9.80 Å². The molecular formula is C25H26N4O3. The van der Waals surface area contributed by atoms with Gasteiger partial charge in [0.25, 0.3) is 5.56 Å². The van der Waals surface area contributed by atoms with Crippen LogP contribution in [0.1, 0.15) is 23.7 Å². The second-order valence-electron chi connectivity index (χ2n) is 7.87. The molecule has 0 spiro atoms. The molecule has 0 bridgehead atoms. The molecule has 0 N–H and O–H groups in total. The minimum absolute atomic E-state index is 0.0235. The molecule has 0 radical (unpaired) electrons. The summed E-state index contributed by atoms with van der Waals surface area (Å²) in [5.41, 5.74) is 3.18. The molecule has 0 atom stereocenters. The second-order valence-corrected chi connectivity index (χ2v) is 7.87. The van der Waals surface area contributed by atoms with Crippen LogP contribution in [0, 0.1) is 0 Å². The Hall–Kier alpha value is -3.74. The van der Waals surface area contributed by atoms with Gasteiger partial charge in [0.05, 0.1) is 12.2 Å². The van der Waals surface area contributed by atoms with Gasteiger partial charge in [0.1, 0.15) is 0 Å². The molecule has 2 aromatic carbocycles. The minimum Gasteiger partial charge on any atom is -0.368 e. The predicted octanol–water partition coefficient (Wildman–Crippen LogP) is 2.85. The van der Waals surface area contributed by atoms with Gasteiger partial charge in [-0.05, 0) is 37.3 Å². The molecule has 1 saturated heterocycles. The first-order valence-corrected chi connectivity index (χ1v) is 10.8. The van der Waals surface area contributed by atoms with Crippen LogP contribution in [0.15, 0.2) is 71.5 Å². The molecule has 164 valence electrons. The van der Waals surface area contributed by atoms with E-state index in [0.29, 0.717) is 24.3 Å². The second kappa shape index (κ2) is 9.60. The number of anilines is 1. The number of ketones is 1. The highest BCUT2D eigenvalue weighted by atomic mass is 16.2. The Labute approximate surface area is 186 Å². The normalized spacial score (nSPS) is 13.8. The number of hydrogen-bond acceptors (Lipinski definition) is 5. The van der Waals surface area contributed by atoms with Crippen LogP contribution in [0.5, 0.6) is 0 Å². The molecular weight excluding hydrogens is 404 g/mol. The molecule has 4 rings (SSSR count). The zero-order valence-corrected chi connectivity index (χ0v) is 18.1. The van der Waals surface area contributed by atoms with Crippen molar-refractivity contribution in [3.05, 3.63) is 82.6 Å². The van der Waals surface area contributed by atoms with E-state index in [1.165, 1.54) is 10.7 Å². The van der Waals surface area contributed by atoms with E-state index in [9.17, 15) is 14.4 Å². The number of piperazine rings is 1. The van der Waals surface area contributed by atoms with Crippen LogP contribution < -0.4 is 10.5 Å². The lowest BCUT2D eigenvalue weighted by atomic mass is 10.1. The SMILES string of the molecule is CC(=O)c1ccc(N2CCN(C(=O)CCn3nc(-c4ccccc4)ccc3=O)CC2)cc1. The third-order valence-corrected chi connectivity index (χ3v) is 5.75. The van der Waals surface area contributed by atoms with Crippen molar-refractivity contribution in [2.24, 2.45) is 0 Å². The van der Waals surface area contributed by atoms with E-state index in [2.05, 4.69) is 10.00 Å². The lowest BCUT2D eigenvalue weighted by Gasteiger charge is -2.36. The van der Waals surface area contributed by atoms with E-state index < -0.39 is 0 Å².